The van der Waals surface area contributed by atoms with Crippen LogP contribution >= 0.6 is 0 Å². The van der Waals surface area contributed by atoms with Crippen molar-refractivity contribution in [2.24, 2.45) is 12.5 Å². The zero-order chi connectivity index (χ0) is 15.4. The average Bonchev–Trinajstić information content (AvgIpc) is 2.73. The second-order valence-corrected chi connectivity index (χ2v) is 6.40. The smallest absolute Gasteiger partial charge is 0.253 e. The number of hydrogen-bond acceptors (Lipinski definition) is 4. The molecule has 0 spiro atoms. The highest BCUT2D eigenvalue weighted by molar-refractivity contribution is 5.97. The van der Waals surface area contributed by atoms with E-state index >= 15 is 0 Å². The predicted molar refractivity (Wildman–Crippen MR) is 78.9 cm³/mol. The van der Waals surface area contributed by atoms with Crippen LogP contribution in [0.25, 0.3) is 11.0 Å². The van der Waals surface area contributed by atoms with Crippen molar-refractivity contribution in [3.05, 3.63) is 23.5 Å². The third kappa shape index (κ3) is 2.10. The van der Waals surface area contributed by atoms with Gasteiger partial charge in [0.2, 0.25) is 0 Å². The highest BCUT2D eigenvalue weighted by Crippen LogP contribution is 2.40. The molecule has 1 amide bonds. The van der Waals surface area contributed by atoms with Crippen LogP contribution in [0.4, 0.5) is 0 Å². The Labute approximate surface area is 123 Å². The summed E-state index contributed by atoms with van der Waals surface area (Å²) in [5.74, 6) is -0.155. The lowest BCUT2D eigenvalue weighted by Gasteiger charge is -2.49. The maximum absolute atomic E-state index is 12.3. The minimum absolute atomic E-state index is 0.00862. The summed E-state index contributed by atoms with van der Waals surface area (Å²) in [7, 11) is 1.83. The highest BCUT2D eigenvalue weighted by atomic mass is 16.3. The van der Waals surface area contributed by atoms with Gasteiger partial charge in [-0.1, -0.05) is 13.8 Å². The molecular formula is C15H20N4O2. The molecule has 2 aromatic heterocycles. The van der Waals surface area contributed by atoms with E-state index in [1.165, 1.54) is 0 Å². The molecule has 0 aromatic carbocycles. The van der Waals surface area contributed by atoms with Crippen molar-refractivity contribution in [3.63, 3.8) is 0 Å². The number of aliphatic hydroxyl groups excluding tert-OH is 1. The van der Waals surface area contributed by atoms with E-state index in [-0.39, 0.29) is 23.5 Å². The van der Waals surface area contributed by atoms with Gasteiger partial charge in [0.1, 0.15) is 0 Å². The van der Waals surface area contributed by atoms with Gasteiger partial charge in [-0.3, -0.25) is 9.48 Å². The van der Waals surface area contributed by atoms with Gasteiger partial charge in [-0.2, -0.15) is 5.10 Å². The monoisotopic (exact) mass is 288 g/mol. The molecule has 2 aromatic rings. The zero-order valence-corrected chi connectivity index (χ0v) is 12.7. The molecule has 2 heterocycles. The van der Waals surface area contributed by atoms with E-state index in [1.54, 1.807) is 10.9 Å². The lowest BCUT2D eigenvalue weighted by atomic mass is 9.64. The summed E-state index contributed by atoms with van der Waals surface area (Å²) in [6, 6.07) is 1.81. The molecule has 2 N–H and O–H groups in total. The lowest BCUT2D eigenvalue weighted by Crippen LogP contribution is -2.61. The van der Waals surface area contributed by atoms with E-state index in [2.05, 4.69) is 15.4 Å². The van der Waals surface area contributed by atoms with E-state index in [9.17, 15) is 9.90 Å². The van der Waals surface area contributed by atoms with Crippen molar-refractivity contribution < 1.29 is 9.90 Å². The van der Waals surface area contributed by atoms with E-state index in [4.69, 9.17) is 0 Å². The molecule has 1 aliphatic rings. The Morgan fingerprint density at radius 2 is 2.24 bits per heavy atom. The maximum atomic E-state index is 12.3. The second kappa shape index (κ2) is 4.53. The van der Waals surface area contributed by atoms with Crippen molar-refractivity contribution in [3.8, 4) is 0 Å². The molecule has 2 atom stereocenters. The van der Waals surface area contributed by atoms with Crippen molar-refractivity contribution >= 4 is 16.9 Å². The molecule has 1 saturated carbocycles. The summed E-state index contributed by atoms with van der Waals surface area (Å²) in [5.41, 5.74) is 1.87. The highest BCUT2D eigenvalue weighted by Gasteiger charge is 2.48. The molecular weight excluding hydrogens is 268 g/mol. The fourth-order valence-corrected chi connectivity index (χ4v) is 2.82. The number of nitrogens with one attached hydrogen (secondary N) is 1. The largest absolute Gasteiger partial charge is 0.392 e. The van der Waals surface area contributed by atoms with Crippen LogP contribution in [0.15, 0.2) is 12.3 Å². The Bertz CT molecular complexity index is 720. The Morgan fingerprint density at radius 3 is 2.86 bits per heavy atom. The summed E-state index contributed by atoms with van der Waals surface area (Å²) in [6.45, 7) is 5.81. The van der Waals surface area contributed by atoms with Crippen molar-refractivity contribution in [2.45, 2.75) is 39.3 Å². The zero-order valence-electron chi connectivity index (χ0n) is 12.7. The van der Waals surface area contributed by atoms with Gasteiger partial charge < -0.3 is 10.4 Å². The molecule has 0 aliphatic heterocycles. The molecule has 0 radical (unpaired) electrons. The first kappa shape index (κ1) is 14.0. The van der Waals surface area contributed by atoms with E-state index in [1.807, 2.05) is 33.9 Å². The standard InChI is InChI=1S/C15H20N4O2/c1-8-10-5-9(7-16-13(10)19(4)18-8)14(21)17-11-6-12(20)15(11,2)3/h5,7,11-12,20H,6H2,1-4H3,(H,17,21). The van der Waals surface area contributed by atoms with E-state index in [0.717, 1.165) is 16.7 Å². The van der Waals surface area contributed by atoms with Crippen LogP contribution in [0.5, 0.6) is 0 Å². The first-order chi connectivity index (χ1) is 9.80. The molecule has 0 saturated heterocycles. The summed E-state index contributed by atoms with van der Waals surface area (Å²) in [6.07, 6.45) is 1.81. The molecule has 21 heavy (non-hydrogen) atoms. The number of aliphatic hydroxyl groups is 1. The van der Waals surface area contributed by atoms with Crippen LogP contribution in [0.2, 0.25) is 0 Å². The first-order valence-corrected chi connectivity index (χ1v) is 7.09. The number of carbonyl (C=O) groups excluding carboxylic acids is 1. The van der Waals surface area contributed by atoms with E-state index < -0.39 is 0 Å². The topological polar surface area (TPSA) is 80.0 Å². The molecule has 6 heteroatoms. The van der Waals surface area contributed by atoms with Gasteiger partial charge in [0.25, 0.3) is 5.91 Å². The summed E-state index contributed by atoms with van der Waals surface area (Å²) in [5, 5.41) is 17.9. The van der Waals surface area contributed by atoms with Gasteiger partial charge in [-0.15, -0.1) is 0 Å². The number of carbonyl (C=O) groups is 1. The minimum atomic E-state index is -0.357. The number of rotatable bonds is 2. The van der Waals surface area contributed by atoms with E-state index in [0.29, 0.717) is 12.0 Å². The van der Waals surface area contributed by atoms with Gasteiger partial charge in [-0.05, 0) is 19.4 Å². The van der Waals surface area contributed by atoms with Crippen LogP contribution in [-0.4, -0.2) is 37.9 Å². The fraction of sp³-hybridized carbons (Fsp3) is 0.533. The lowest BCUT2D eigenvalue weighted by molar-refractivity contribution is -0.0689. The molecule has 112 valence electrons. The second-order valence-electron chi connectivity index (χ2n) is 6.40. The number of hydrogen-bond donors (Lipinski definition) is 2. The molecule has 3 rings (SSSR count). The fourth-order valence-electron chi connectivity index (χ4n) is 2.82. The number of pyridine rings is 1. The number of amides is 1. The summed E-state index contributed by atoms with van der Waals surface area (Å²) in [4.78, 5) is 16.7. The Balaban J connectivity index is 1.84. The minimum Gasteiger partial charge on any atom is -0.392 e. The molecule has 2 unspecified atom stereocenters. The van der Waals surface area contributed by atoms with Crippen molar-refractivity contribution in [1.29, 1.82) is 0 Å². The van der Waals surface area contributed by atoms with Gasteiger partial charge in [0.05, 0.1) is 17.4 Å². The molecule has 1 fully saturated rings. The number of fused-ring (bicyclic) bond motifs is 1. The Kier molecular flexibility index (Phi) is 3.02. The predicted octanol–water partition coefficient (Wildman–Crippen LogP) is 1.17. The van der Waals surface area contributed by atoms with Gasteiger partial charge in [-0.25, -0.2) is 4.98 Å². The molecule has 6 nitrogen and oxygen atoms in total. The third-order valence-electron chi connectivity index (χ3n) is 4.65. The van der Waals surface area contributed by atoms with Crippen LogP contribution in [0, 0.1) is 12.3 Å². The number of aryl methyl sites for hydroxylation is 2. The van der Waals surface area contributed by atoms with Crippen molar-refractivity contribution in [1.82, 2.24) is 20.1 Å². The number of aromatic nitrogens is 3. The Hall–Kier alpha value is -1.95. The number of nitrogens with zero attached hydrogens (tertiary/aromatic N) is 3. The summed E-state index contributed by atoms with van der Waals surface area (Å²) < 4.78 is 1.71. The SMILES string of the molecule is Cc1nn(C)c2ncc(C(=O)NC3CC(O)C3(C)C)cc12. The quantitative estimate of drug-likeness (QED) is 0.869. The van der Waals surface area contributed by atoms with Crippen LogP contribution in [0.3, 0.4) is 0 Å². The average molecular weight is 288 g/mol. The maximum Gasteiger partial charge on any atom is 0.253 e. The normalized spacial score (nSPS) is 23.9. The van der Waals surface area contributed by atoms with Crippen LogP contribution in [0.1, 0.15) is 36.3 Å². The van der Waals surface area contributed by atoms with Crippen LogP contribution in [-0.2, 0) is 7.05 Å². The Morgan fingerprint density at radius 1 is 1.52 bits per heavy atom. The molecule has 1 aliphatic carbocycles. The van der Waals surface area contributed by atoms with Gasteiger partial charge in [0, 0.05) is 30.1 Å². The molecule has 0 bridgehead atoms. The first-order valence-electron chi connectivity index (χ1n) is 7.09. The van der Waals surface area contributed by atoms with Crippen molar-refractivity contribution in [2.75, 3.05) is 0 Å². The van der Waals surface area contributed by atoms with Gasteiger partial charge in [0.15, 0.2) is 5.65 Å². The van der Waals surface area contributed by atoms with Crippen LogP contribution < -0.4 is 5.32 Å². The third-order valence-corrected chi connectivity index (χ3v) is 4.65. The summed E-state index contributed by atoms with van der Waals surface area (Å²) >= 11 is 0. The van der Waals surface area contributed by atoms with Gasteiger partial charge >= 0.3 is 0 Å².